The van der Waals surface area contributed by atoms with Gasteiger partial charge in [0, 0.05) is 38.9 Å². The maximum Gasteiger partial charge on any atom is 0.132 e. The molecule has 0 atom stereocenters. The highest BCUT2D eigenvalue weighted by Gasteiger charge is 2.54. The summed E-state index contributed by atoms with van der Waals surface area (Å²) >= 11 is 0. The molecule has 73 heavy (non-hydrogen) atoms. The molecule has 0 saturated heterocycles. The van der Waals surface area contributed by atoms with Gasteiger partial charge in [-0.15, -0.1) is 0 Å². The van der Waals surface area contributed by atoms with Gasteiger partial charge in [-0.1, -0.05) is 200 Å². The maximum atomic E-state index is 6.90. The van der Waals surface area contributed by atoms with Crippen molar-refractivity contribution >= 4 is 38.6 Å². The number of fused-ring (bicyclic) bond motifs is 21. The van der Waals surface area contributed by atoms with E-state index >= 15 is 0 Å². The Bertz CT molecular complexity index is 4210. The number of hydrogen-bond acceptors (Lipinski definition) is 3. The van der Waals surface area contributed by atoms with Crippen molar-refractivity contribution in [1.29, 1.82) is 0 Å². The Hall–Kier alpha value is -9.44. The monoisotopic (exact) mass is 929 g/mol. The van der Waals surface area contributed by atoms with Gasteiger partial charge >= 0.3 is 0 Å². The molecule has 0 radical (unpaired) electrons. The normalized spacial score (nSPS) is 14.2. The number of ether oxygens (including phenoxy) is 2. The van der Waals surface area contributed by atoms with Crippen molar-refractivity contribution in [3.63, 3.8) is 0 Å². The van der Waals surface area contributed by atoms with Gasteiger partial charge in [0.1, 0.15) is 23.0 Å². The lowest BCUT2D eigenvalue weighted by molar-refractivity contribution is 0.436. The van der Waals surface area contributed by atoms with Gasteiger partial charge in [-0.25, -0.2) is 0 Å². The molecule has 0 aromatic heterocycles. The number of anilines is 3. The molecule has 3 nitrogen and oxygen atoms in total. The molecule has 2 aliphatic carbocycles. The SMILES string of the molecule is c1ccc(-c2ccccc2N(c2ccc3c(c2)C2(c4ccccc4Oc4ccccc42)c2ccccc2-3)c2cc3c(c4ccccc24)-c2cc4ccccc4cc2C32c3ccccc3Oc3ccccc32)cc1. The van der Waals surface area contributed by atoms with Gasteiger partial charge in [0.05, 0.1) is 22.2 Å². The second-order valence-electron chi connectivity index (χ2n) is 19.8. The van der Waals surface area contributed by atoms with Gasteiger partial charge in [0.15, 0.2) is 0 Å². The van der Waals surface area contributed by atoms with Crippen LogP contribution in [0.2, 0.25) is 0 Å². The molecule has 12 aromatic rings. The van der Waals surface area contributed by atoms with Crippen LogP contribution < -0.4 is 14.4 Å². The molecule has 4 aliphatic rings. The number of hydrogen-bond donors (Lipinski definition) is 0. The third-order valence-electron chi connectivity index (χ3n) is 16.3. The van der Waals surface area contributed by atoms with Gasteiger partial charge in [0.2, 0.25) is 0 Å². The fourth-order valence-electron chi connectivity index (χ4n) is 13.5. The van der Waals surface area contributed by atoms with E-state index in [1.54, 1.807) is 0 Å². The second-order valence-corrected chi connectivity index (χ2v) is 19.8. The quantitative estimate of drug-likeness (QED) is 0.176. The smallest absolute Gasteiger partial charge is 0.132 e. The van der Waals surface area contributed by atoms with Crippen LogP contribution in [0.25, 0.3) is 54.9 Å². The van der Waals surface area contributed by atoms with Gasteiger partial charge in [0.25, 0.3) is 0 Å². The molecule has 0 N–H and O–H groups in total. The van der Waals surface area contributed by atoms with E-state index < -0.39 is 10.8 Å². The van der Waals surface area contributed by atoms with Gasteiger partial charge < -0.3 is 14.4 Å². The van der Waals surface area contributed by atoms with Crippen LogP contribution in [-0.4, -0.2) is 0 Å². The summed E-state index contributed by atoms with van der Waals surface area (Å²) in [4.78, 5) is 2.56. The van der Waals surface area contributed by atoms with E-state index in [2.05, 4.69) is 266 Å². The zero-order valence-corrected chi connectivity index (χ0v) is 39.6. The third kappa shape index (κ3) is 5.33. The van der Waals surface area contributed by atoms with Crippen molar-refractivity contribution in [2.45, 2.75) is 10.8 Å². The summed E-state index contributed by atoms with van der Waals surface area (Å²) in [6.45, 7) is 0. The average molecular weight is 930 g/mol. The average Bonchev–Trinajstić information content (AvgIpc) is 3.90. The van der Waals surface area contributed by atoms with Crippen LogP contribution in [0, 0.1) is 0 Å². The Kier molecular flexibility index (Phi) is 8.30. The summed E-state index contributed by atoms with van der Waals surface area (Å²) in [6, 6.07) is 96.0. The van der Waals surface area contributed by atoms with Crippen molar-refractivity contribution in [3.8, 4) is 56.4 Å². The summed E-state index contributed by atoms with van der Waals surface area (Å²) in [5.41, 5.74) is 18.6. The van der Waals surface area contributed by atoms with Crippen LogP contribution in [0.1, 0.15) is 44.5 Å². The maximum absolute atomic E-state index is 6.90. The molecule has 340 valence electrons. The first-order valence-electron chi connectivity index (χ1n) is 25.2. The molecule has 0 fully saturated rings. The zero-order valence-electron chi connectivity index (χ0n) is 39.6. The highest BCUT2D eigenvalue weighted by atomic mass is 16.5. The summed E-state index contributed by atoms with van der Waals surface area (Å²) in [5, 5.41) is 4.79. The zero-order chi connectivity index (χ0) is 47.8. The molecular formula is C70H43NO2. The molecular weight excluding hydrogens is 887 g/mol. The molecule has 0 saturated carbocycles. The molecule has 2 aliphatic heterocycles. The number of para-hydroxylation sites is 5. The van der Waals surface area contributed by atoms with Crippen molar-refractivity contribution in [2.24, 2.45) is 0 Å². The van der Waals surface area contributed by atoms with Crippen LogP contribution in [0.4, 0.5) is 17.1 Å². The third-order valence-corrected chi connectivity index (χ3v) is 16.3. The minimum absolute atomic E-state index is 0.652. The number of nitrogens with zero attached hydrogens (tertiary/aromatic N) is 1. The van der Waals surface area contributed by atoms with E-state index in [-0.39, 0.29) is 0 Å². The largest absolute Gasteiger partial charge is 0.457 e. The van der Waals surface area contributed by atoms with Gasteiger partial charge in [-0.05, 0) is 127 Å². The van der Waals surface area contributed by atoms with Crippen LogP contribution in [0.5, 0.6) is 23.0 Å². The predicted octanol–water partition coefficient (Wildman–Crippen LogP) is 18.1. The summed E-state index contributed by atoms with van der Waals surface area (Å²) in [6.07, 6.45) is 0. The Labute approximate surface area is 423 Å². The summed E-state index contributed by atoms with van der Waals surface area (Å²) in [5.74, 6) is 3.49. The van der Waals surface area contributed by atoms with Crippen molar-refractivity contribution in [1.82, 2.24) is 0 Å². The van der Waals surface area contributed by atoms with E-state index in [1.807, 2.05) is 0 Å². The topological polar surface area (TPSA) is 21.7 Å². The van der Waals surface area contributed by atoms with Crippen LogP contribution in [0.15, 0.2) is 261 Å². The van der Waals surface area contributed by atoms with Crippen molar-refractivity contribution in [2.75, 3.05) is 4.90 Å². The Balaban J connectivity index is 1.05. The molecule has 0 unspecified atom stereocenters. The van der Waals surface area contributed by atoms with E-state index in [9.17, 15) is 0 Å². The van der Waals surface area contributed by atoms with Crippen LogP contribution in [0.3, 0.4) is 0 Å². The predicted molar refractivity (Wildman–Crippen MR) is 296 cm³/mol. The standard InChI is InChI=1S/C70H43NO2/c1-2-20-44(21-3-1)48-24-9-15-33-62(48)71(47-38-39-50-49-25-8-10-28-54(49)69(60(50)42-47)55-29-11-16-34-64(55)72-65-35-17-12-30-56(65)69)63-43-61-68(52-27-7-6-26-51(52)63)53-40-45-22-4-5-23-46(45)41-59(53)70(61)57-31-13-18-36-66(57)73-67-37-19-14-32-58(67)70/h1-43H. The lowest BCUT2D eigenvalue weighted by atomic mass is 9.65. The first-order valence-corrected chi connectivity index (χ1v) is 25.2. The fraction of sp³-hybridized carbons (Fsp3) is 0.0286. The Morgan fingerprint density at radius 3 is 1.38 bits per heavy atom. The fourth-order valence-corrected chi connectivity index (χ4v) is 13.5. The van der Waals surface area contributed by atoms with Crippen LogP contribution in [-0.2, 0) is 10.8 Å². The number of rotatable bonds is 4. The molecule has 2 spiro atoms. The Morgan fingerprint density at radius 1 is 0.274 bits per heavy atom. The first kappa shape index (κ1) is 40.3. The lowest BCUT2D eigenvalue weighted by Crippen LogP contribution is -2.32. The Morgan fingerprint density at radius 2 is 0.740 bits per heavy atom. The van der Waals surface area contributed by atoms with E-state index in [1.165, 1.54) is 60.7 Å². The van der Waals surface area contributed by atoms with Crippen molar-refractivity contribution < 1.29 is 9.47 Å². The highest BCUT2D eigenvalue weighted by molar-refractivity contribution is 6.13. The minimum atomic E-state index is -0.720. The van der Waals surface area contributed by atoms with E-state index in [0.29, 0.717) is 0 Å². The van der Waals surface area contributed by atoms with Crippen LogP contribution >= 0.6 is 0 Å². The van der Waals surface area contributed by atoms with E-state index in [4.69, 9.17) is 9.47 Å². The number of benzene rings is 12. The lowest BCUT2D eigenvalue weighted by Gasteiger charge is -2.40. The summed E-state index contributed by atoms with van der Waals surface area (Å²) in [7, 11) is 0. The molecule has 0 bridgehead atoms. The molecule has 2 heterocycles. The summed E-state index contributed by atoms with van der Waals surface area (Å²) < 4.78 is 13.7. The minimum Gasteiger partial charge on any atom is -0.457 e. The molecule has 3 heteroatoms. The molecule has 16 rings (SSSR count). The molecule has 0 amide bonds. The highest BCUT2D eigenvalue weighted by Crippen LogP contribution is 2.66. The second kappa shape index (κ2) is 15.0. The van der Waals surface area contributed by atoms with Gasteiger partial charge in [-0.2, -0.15) is 0 Å². The van der Waals surface area contributed by atoms with Crippen molar-refractivity contribution in [3.05, 3.63) is 305 Å². The molecule has 12 aromatic carbocycles. The van der Waals surface area contributed by atoms with E-state index in [0.717, 1.165) is 78.8 Å². The van der Waals surface area contributed by atoms with Gasteiger partial charge in [-0.3, -0.25) is 0 Å². The first-order chi connectivity index (χ1) is 36.2.